The Morgan fingerprint density at radius 3 is 2.95 bits per heavy atom. The van der Waals surface area contributed by atoms with E-state index in [1.54, 1.807) is 24.4 Å². The lowest BCUT2D eigenvalue weighted by molar-refractivity contribution is 0.265. The van der Waals surface area contributed by atoms with Crippen molar-refractivity contribution in [2.45, 2.75) is 12.5 Å². The van der Waals surface area contributed by atoms with Crippen LogP contribution in [0.2, 0.25) is 0 Å². The average Bonchev–Trinajstić information content (AvgIpc) is 2.48. The van der Waals surface area contributed by atoms with Crippen molar-refractivity contribution in [3.8, 4) is 17.7 Å². The molecule has 20 heavy (non-hydrogen) atoms. The summed E-state index contributed by atoms with van der Waals surface area (Å²) in [5, 5.41) is 18.0. The molecule has 1 aromatic heterocycles. The molecule has 2 aromatic rings. The third-order valence-electron chi connectivity index (χ3n) is 2.74. The molecule has 102 valence electrons. The summed E-state index contributed by atoms with van der Waals surface area (Å²) >= 11 is 0. The third-order valence-corrected chi connectivity index (χ3v) is 2.74. The largest absolute Gasteiger partial charge is 0.438 e. The zero-order valence-corrected chi connectivity index (χ0v) is 10.9. The molecule has 0 fully saturated rings. The first-order valence-electron chi connectivity index (χ1n) is 6.21. The molecule has 5 nitrogen and oxygen atoms in total. The summed E-state index contributed by atoms with van der Waals surface area (Å²) in [6, 6.07) is 12.4. The maximum absolute atomic E-state index is 8.99. The molecule has 0 saturated heterocycles. The number of pyridine rings is 1. The van der Waals surface area contributed by atoms with Crippen LogP contribution in [-0.2, 0) is 6.42 Å². The fourth-order valence-corrected chi connectivity index (χ4v) is 1.77. The van der Waals surface area contributed by atoms with E-state index in [0.29, 0.717) is 17.7 Å². The van der Waals surface area contributed by atoms with E-state index in [0.717, 1.165) is 5.56 Å². The Morgan fingerprint density at radius 2 is 2.20 bits per heavy atom. The molecule has 0 spiro atoms. The Kier molecular flexibility index (Phi) is 4.66. The molecule has 1 heterocycles. The molecule has 0 aliphatic carbocycles. The van der Waals surface area contributed by atoms with Crippen molar-refractivity contribution in [2.75, 3.05) is 6.61 Å². The van der Waals surface area contributed by atoms with Gasteiger partial charge in [-0.05, 0) is 36.2 Å². The minimum absolute atomic E-state index is 0.0656. The Hall–Kier alpha value is -2.42. The number of aromatic nitrogens is 1. The highest BCUT2D eigenvalue weighted by Crippen LogP contribution is 2.23. The lowest BCUT2D eigenvalue weighted by Gasteiger charge is -2.10. The Balaban J connectivity index is 2.18. The molecule has 1 atom stereocenters. The van der Waals surface area contributed by atoms with Crippen molar-refractivity contribution >= 4 is 0 Å². The molecule has 0 aliphatic heterocycles. The predicted molar refractivity (Wildman–Crippen MR) is 74.2 cm³/mol. The quantitative estimate of drug-likeness (QED) is 0.860. The summed E-state index contributed by atoms with van der Waals surface area (Å²) in [4.78, 5) is 4.04. The second-order valence-corrected chi connectivity index (χ2v) is 4.36. The van der Waals surface area contributed by atoms with Gasteiger partial charge in [0.2, 0.25) is 5.88 Å². The van der Waals surface area contributed by atoms with Gasteiger partial charge in [-0.2, -0.15) is 5.26 Å². The van der Waals surface area contributed by atoms with E-state index >= 15 is 0 Å². The summed E-state index contributed by atoms with van der Waals surface area (Å²) in [6.07, 6.45) is 2.13. The number of benzene rings is 1. The van der Waals surface area contributed by atoms with Gasteiger partial charge in [-0.1, -0.05) is 12.1 Å². The number of nitriles is 1. The van der Waals surface area contributed by atoms with E-state index in [-0.39, 0.29) is 18.5 Å². The molecule has 5 heteroatoms. The molecule has 0 bridgehead atoms. The first-order valence-corrected chi connectivity index (χ1v) is 6.21. The van der Waals surface area contributed by atoms with Gasteiger partial charge >= 0.3 is 0 Å². The smallest absolute Gasteiger partial charge is 0.237 e. The number of aliphatic hydroxyl groups excluding tert-OH is 1. The topological polar surface area (TPSA) is 92.2 Å². The molecule has 0 amide bonds. The Bertz CT molecular complexity index is 623. The van der Waals surface area contributed by atoms with Gasteiger partial charge in [0.15, 0.2) is 0 Å². The fourth-order valence-electron chi connectivity index (χ4n) is 1.77. The number of rotatable bonds is 5. The van der Waals surface area contributed by atoms with E-state index in [1.165, 1.54) is 0 Å². The summed E-state index contributed by atoms with van der Waals surface area (Å²) in [5.41, 5.74) is 7.04. The monoisotopic (exact) mass is 269 g/mol. The van der Waals surface area contributed by atoms with Crippen LogP contribution < -0.4 is 10.5 Å². The van der Waals surface area contributed by atoms with Crippen molar-refractivity contribution in [3.05, 3.63) is 53.7 Å². The van der Waals surface area contributed by atoms with Crippen molar-refractivity contribution in [1.29, 1.82) is 5.26 Å². The number of nitrogens with two attached hydrogens (primary N) is 1. The van der Waals surface area contributed by atoms with Gasteiger partial charge < -0.3 is 15.6 Å². The van der Waals surface area contributed by atoms with Gasteiger partial charge in [0.1, 0.15) is 17.4 Å². The van der Waals surface area contributed by atoms with Crippen molar-refractivity contribution in [1.82, 2.24) is 4.98 Å². The van der Waals surface area contributed by atoms with Gasteiger partial charge in [-0.3, -0.25) is 0 Å². The highest BCUT2D eigenvalue weighted by Gasteiger charge is 2.07. The third kappa shape index (κ3) is 3.54. The van der Waals surface area contributed by atoms with E-state index in [1.807, 2.05) is 24.3 Å². The van der Waals surface area contributed by atoms with Crippen LogP contribution in [0.15, 0.2) is 42.6 Å². The van der Waals surface area contributed by atoms with E-state index < -0.39 is 0 Å². The number of ether oxygens (including phenoxy) is 1. The number of hydrogen-bond acceptors (Lipinski definition) is 5. The number of aliphatic hydroxyl groups is 1. The highest BCUT2D eigenvalue weighted by atomic mass is 16.5. The standard InChI is InChI=1S/C15H15N3O2/c16-9-12-4-2-6-18-15(12)20-14-5-1-3-11(8-14)7-13(17)10-19/h1-6,8,13,19H,7,10,17H2/t13-/m0/s1. The summed E-state index contributed by atoms with van der Waals surface area (Å²) in [7, 11) is 0. The van der Waals surface area contributed by atoms with Crippen LogP contribution in [0.1, 0.15) is 11.1 Å². The van der Waals surface area contributed by atoms with Crippen LogP contribution in [0.5, 0.6) is 11.6 Å². The van der Waals surface area contributed by atoms with Gasteiger partial charge in [0, 0.05) is 12.2 Å². The molecule has 3 N–H and O–H groups in total. The molecule has 0 aliphatic rings. The van der Waals surface area contributed by atoms with Gasteiger partial charge in [-0.15, -0.1) is 0 Å². The number of nitrogens with zero attached hydrogens (tertiary/aromatic N) is 2. The van der Waals surface area contributed by atoms with Crippen molar-refractivity contribution in [2.24, 2.45) is 5.73 Å². The predicted octanol–water partition coefficient (Wildman–Crippen LogP) is 1.61. The van der Waals surface area contributed by atoms with Gasteiger partial charge in [0.25, 0.3) is 0 Å². The SMILES string of the molecule is N#Cc1cccnc1Oc1cccc(C[C@H](N)CO)c1. The lowest BCUT2D eigenvalue weighted by Crippen LogP contribution is -2.26. The van der Waals surface area contributed by atoms with Crippen LogP contribution in [-0.4, -0.2) is 22.7 Å². The fraction of sp³-hybridized carbons (Fsp3) is 0.200. The van der Waals surface area contributed by atoms with Crippen molar-refractivity contribution in [3.63, 3.8) is 0 Å². The molecule has 0 saturated carbocycles. The lowest BCUT2D eigenvalue weighted by atomic mass is 10.1. The highest BCUT2D eigenvalue weighted by molar-refractivity contribution is 5.40. The minimum Gasteiger partial charge on any atom is -0.438 e. The molecule has 0 unspecified atom stereocenters. The molecule has 1 aromatic carbocycles. The minimum atomic E-state index is -0.297. The normalized spacial score (nSPS) is 11.7. The molecular weight excluding hydrogens is 254 g/mol. The first kappa shape index (κ1) is 14.0. The van der Waals surface area contributed by atoms with Crippen LogP contribution in [0, 0.1) is 11.3 Å². The van der Waals surface area contributed by atoms with Crippen molar-refractivity contribution < 1.29 is 9.84 Å². The Morgan fingerprint density at radius 1 is 1.35 bits per heavy atom. The number of hydrogen-bond donors (Lipinski definition) is 2. The Labute approximate surface area is 117 Å². The zero-order chi connectivity index (χ0) is 14.4. The molecular formula is C15H15N3O2. The summed E-state index contributed by atoms with van der Waals surface area (Å²) in [5.74, 6) is 0.862. The van der Waals surface area contributed by atoms with Crippen LogP contribution >= 0.6 is 0 Å². The molecule has 2 rings (SSSR count). The zero-order valence-electron chi connectivity index (χ0n) is 10.9. The second kappa shape index (κ2) is 6.66. The first-order chi connectivity index (χ1) is 9.72. The average molecular weight is 269 g/mol. The van der Waals surface area contributed by atoms with E-state index in [2.05, 4.69) is 4.98 Å². The van der Waals surface area contributed by atoms with Gasteiger partial charge in [0.05, 0.1) is 6.61 Å². The molecule has 0 radical (unpaired) electrons. The maximum Gasteiger partial charge on any atom is 0.237 e. The second-order valence-electron chi connectivity index (χ2n) is 4.36. The van der Waals surface area contributed by atoms with E-state index in [4.69, 9.17) is 20.8 Å². The van der Waals surface area contributed by atoms with Gasteiger partial charge in [-0.25, -0.2) is 4.98 Å². The maximum atomic E-state index is 8.99. The van der Waals surface area contributed by atoms with Crippen LogP contribution in [0.25, 0.3) is 0 Å². The van der Waals surface area contributed by atoms with E-state index in [9.17, 15) is 0 Å². The van der Waals surface area contributed by atoms with Crippen LogP contribution in [0.3, 0.4) is 0 Å². The van der Waals surface area contributed by atoms with Crippen LogP contribution in [0.4, 0.5) is 0 Å². The summed E-state index contributed by atoms with van der Waals surface area (Å²) < 4.78 is 5.62. The summed E-state index contributed by atoms with van der Waals surface area (Å²) in [6.45, 7) is -0.0656.